The van der Waals surface area contributed by atoms with E-state index < -0.39 is 0 Å². The molecular weight excluding hydrogens is 274 g/mol. The fourth-order valence-corrected chi connectivity index (χ4v) is 2.17. The van der Waals surface area contributed by atoms with Gasteiger partial charge in [0.05, 0.1) is 12.2 Å². The average molecular weight is 295 g/mol. The van der Waals surface area contributed by atoms with E-state index in [1.54, 1.807) is 13.1 Å². The number of nitrogens with zero attached hydrogens (tertiary/aromatic N) is 2. The number of thiocarbonyl (C=S) groups is 1. The molecule has 1 aromatic heterocycles. The Morgan fingerprint density at radius 3 is 2.70 bits per heavy atom. The van der Waals surface area contributed by atoms with E-state index in [4.69, 9.17) is 22.7 Å². The molecule has 0 spiro atoms. The van der Waals surface area contributed by atoms with Crippen molar-refractivity contribution in [3.05, 3.63) is 23.4 Å². The van der Waals surface area contributed by atoms with Gasteiger partial charge in [-0.3, -0.25) is 4.79 Å². The quantitative estimate of drug-likeness (QED) is 0.637. The summed E-state index contributed by atoms with van der Waals surface area (Å²) in [5, 5.41) is 0. The van der Waals surface area contributed by atoms with Crippen molar-refractivity contribution in [1.82, 2.24) is 4.98 Å². The summed E-state index contributed by atoms with van der Waals surface area (Å²) in [5.74, 6) is 0.332. The lowest BCUT2D eigenvalue weighted by molar-refractivity contribution is -0.141. The van der Waals surface area contributed by atoms with Crippen molar-refractivity contribution in [2.24, 2.45) is 5.73 Å². The fraction of sp³-hybridized carbons (Fsp3) is 0.500. The highest BCUT2D eigenvalue weighted by Crippen LogP contribution is 2.22. The van der Waals surface area contributed by atoms with Crippen LogP contribution in [0.15, 0.2) is 12.3 Å². The number of ether oxygens (including phenoxy) is 1. The second kappa shape index (κ2) is 7.19. The Hall–Kier alpha value is -1.69. The molecule has 110 valence electrons. The molecule has 5 nitrogen and oxygen atoms in total. The van der Waals surface area contributed by atoms with Crippen LogP contribution >= 0.6 is 12.2 Å². The van der Waals surface area contributed by atoms with Gasteiger partial charge in [0.1, 0.15) is 17.4 Å². The fourth-order valence-electron chi connectivity index (χ4n) is 1.91. The van der Waals surface area contributed by atoms with Crippen molar-refractivity contribution in [2.75, 3.05) is 18.1 Å². The lowest BCUT2D eigenvalue weighted by atomic mass is 10.1. The zero-order valence-corrected chi connectivity index (χ0v) is 13.2. The first-order chi connectivity index (χ1) is 9.38. The number of anilines is 1. The Morgan fingerprint density at radius 2 is 2.20 bits per heavy atom. The van der Waals surface area contributed by atoms with Gasteiger partial charge in [-0.2, -0.15) is 0 Å². The Labute approximate surface area is 125 Å². The van der Waals surface area contributed by atoms with E-state index in [2.05, 4.69) is 4.98 Å². The number of carbonyl (C=O) groups is 1. The Bertz CT molecular complexity index is 503. The number of rotatable bonds is 6. The predicted octanol–water partition coefficient (Wildman–Crippen LogP) is 1.80. The van der Waals surface area contributed by atoms with Crippen LogP contribution in [0.4, 0.5) is 5.82 Å². The summed E-state index contributed by atoms with van der Waals surface area (Å²) < 4.78 is 5.00. The van der Waals surface area contributed by atoms with Gasteiger partial charge >= 0.3 is 5.97 Å². The van der Waals surface area contributed by atoms with E-state index in [9.17, 15) is 4.79 Å². The van der Waals surface area contributed by atoms with Gasteiger partial charge in [0.2, 0.25) is 0 Å². The first-order valence-corrected chi connectivity index (χ1v) is 6.97. The largest absolute Gasteiger partial charge is 0.465 e. The van der Waals surface area contributed by atoms with Crippen LogP contribution in [0.5, 0.6) is 0 Å². The van der Waals surface area contributed by atoms with Crippen molar-refractivity contribution >= 4 is 29.0 Å². The number of carbonyl (C=O) groups excluding carboxylic acids is 1. The minimum atomic E-state index is -0.293. The van der Waals surface area contributed by atoms with Crippen LogP contribution in [0.2, 0.25) is 0 Å². The molecule has 0 amide bonds. The maximum Gasteiger partial charge on any atom is 0.325 e. The molecular formula is C14H21N3O2S. The molecule has 0 aliphatic heterocycles. The normalized spacial score (nSPS) is 10.4. The molecule has 2 N–H and O–H groups in total. The molecule has 0 bridgehead atoms. The summed E-state index contributed by atoms with van der Waals surface area (Å²) in [4.78, 5) is 18.2. The Kier molecular flexibility index (Phi) is 5.88. The number of hydrogen-bond donors (Lipinski definition) is 1. The van der Waals surface area contributed by atoms with Gasteiger partial charge in [-0.25, -0.2) is 4.98 Å². The van der Waals surface area contributed by atoms with Crippen LogP contribution in [-0.4, -0.2) is 35.1 Å². The molecule has 0 saturated heterocycles. The predicted molar refractivity (Wildman–Crippen MR) is 84.0 cm³/mol. The van der Waals surface area contributed by atoms with Crippen LogP contribution < -0.4 is 10.6 Å². The maximum absolute atomic E-state index is 11.7. The zero-order valence-electron chi connectivity index (χ0n) is 12.3. The molecule has 1 heterocycles. The molecule has 6 heteroatoms. The van der Waals surface area contributed by atoms with Gasteiger partial charge in [-0.1, -0.05) is 12.2 Å². The van der Waals surface area contributed by atoms with Gasteiger partial charge in [0.15, 0.2) is 0 Å². The van der Waals surface area contributed by atoms with Crippen molar-refractivity contribution in [3.63, 3.8) is 0 Å². The Balaban J connectivity index is 3.19. The molecule has 20 heavy (non-hydrogen) atoms. The second-order valence-corrected chi connectivity index (χ2v) is 5.16. The highest BCUT2D eigenvalue weighted by molar-refractivity contribution is 7.80. The summed E-state index contributed by atoms with van der Waals surface area (Å²) in [6.07, 6.45) is 1.69. The molecule has 0 unspecified atom stereocenters. The van der Waals surface area contributed by atoms with Crippen LogP contribution in [0.25, 0.3) is 0 Å². The third kappa shape index (κ3) is 3.90. The number of pyridine rings is 1. The SMILES string of the molecule is CCOC(=O)CN(c1nccc(C)c1C(N)=S)C(C)C. The third-order valence-corrected chi connectivity index (χ3v) is 3.09. The van der Waals surface area contributed by atoms with E-state index in [0.717, 1.165) is 5.56 Å². The molecule has 0 radical (unpaired) electrons. The second-order valence-electron chi connectivity index (χ2n) is 4.72. The molecule has 0 aliphatic rings. The highest BCUT2D eigenvalue weighted by atomic mass is 32.1. The van der Waals surface area contributed by atoms with E-state index in [-0.39, 0.29) is 23.5 Å². The van der Waals surface area contributed by atoms with Gasteiger partial charge in [0, 0.05) is 12.2 Å². The van der Waals surface area contributed by atoms with Crippen molar-refractivity contribution in [1.29, 1.82) is 0 Å². The van der Waals surface area contributed by atoms with Crippen LogP contribution in [0.3, 0.4) is 0 Å². The standard InChI is InChI=1S/C14H21N3O2S/c1-5-19-11(18)8-17(9(2)3)14-12(13(15)20)10(4)6-7-16-14/h6-7,9H,5,8H2,1-4H3,(H2,15,20). The van der Waals surface area contributed by atoms with Crippen molar-refractivity contribution in [3.8, 4) is 0 Å². The summed E-state index contributed by atoms with van der Waals surface area (Å²) in [6, 6.07) is 1.92. The minimum Gasteiger partial charge on any atom is -0.465 e. The summed E-state index contributed by atoms with van der Waals surface area (Å²) in [5.41, 5.74) is 7.44. The van der Waals surface area contributed by atoms with E-state index in [0.29, 0.717) is 18.0 Å². The van der Waals surface area contributed by atoms with Crippen LogP contribution in [0.1, 0.15) is 31.9 Å². The van der Waals surface area contributed by atoms with Gasteiger partial charge in [-0.05, 0) is 39.3 Å². The smallest absolute Gasteiger partial charge is 0.325 e. The number of aromatic nitrogens is 1. The molecule has 0 saturated carbocycles. The molecule has 1 aromatic rings. The average Bonchev–Trinajstić information content (AvgIpc) is 2.35. The lowest BCUT2D eigenvalue weighted by Crippen LogP contribution is -2.38. The number of esters is 1. The van der Waals surface area contributed by atoms with E-state index >= 15 is 0 Å². The Morgan fingerprint density at radius 1 is 1.55 bits per heavy atom. The van der Waals surface area contributed by atoms with Crippen LogP contribution in [0, 0.1) is 6.92 Å². The van der Waals surface area contributed by atoms with Gasteiger partial charge in [-0.15, -0.1) is 0 Å². The van der Waals surface area contributed by atoms with Crippen molar-refractivity contribution in [2.45, 2.75) is 33.7 Å². The van der Waals surface area contributed by atoms with E-state index in [1.165, 1.54) is 0 Å². The minimum absolute atomic E-state index is 0.0711. The van der Waals surface area contributed by atoms with Crippen LogP contribution in [-0.2, 0) is 9.53 Å². The zero-order chi connectivity index (χ0) is 15.3. The first-order valence-electron chi connectivity index (χ1n) is 6.56. The third-order valence-electron chi connectivity index (χ3n) is 2.89. The summed E-state index contributed by atoms with van der Waals surface area (Å²) in [6.45, 7) is 8.14. The monoisotopic (exact) mass is 295 g/mol. The topological polar surface area (TPSA) is 68.5 Å². The number of hydrogen-bond acceptors (Lipinski definition) is 5. The van der Waals surface area contributed by atoms with Gasteiger partial charge < -0.3 is 15.4 Å². The summed E-state index contributed by atoms with van der Waals surface area (Å²) >= 11 is 5.10. The molecule has 0 fully saturated rings. The first kappa shape index (κ1) is 16.4. The van der Waals surface area contributed by atoms with Crippen molar-refractivity contribution < 1.29 is 9.53 Å². The molecule has 0 aromatic carbocycles. The molecule has 0 atom stereocenters. The molecule has 1 rings (SSSR count). The maximum atomic E-state index is 11.7. The number of nitrogens with two attached hydrogens (primary N) is 1. The van der Waals surface area contributed by atoms with Gasteiger partial charge in [0.25, 0.3) is 0 Å². The summed E-state index contributed by atoms with van der Waals surface area (Å²) in [7, 11) is 0. The van der Waals surface area contributed by atoms with E-state index in [1.807, 2.05) is 31.7 Å². The highest BCUT2D eigenvalue weighted by Gasteiger charge is 2.21. The number of aryl methyl sites for hydroxylation is 1. The molecule has 0 aliphatic carbocycles. The lowest BCUT2D eigenvalue weighted by Gasteiger charge is -2.29.